The van der Waals surface area contributed by atoms with Crippen LogP contribution in [-0.4, -0.2) is 15.0 Å². The molecule has 6 heteroatoms. The van der Waals surface area contributed by atoms with Gasteiger partial charge in [0.1, 0.15) is 22.2 Å². The summed E-state index contributed by atoms with van der Waals surface area (Å²) in [6.07, 6.45) is 0. The average Bonchev–Trinajstić information content (AvgIpc) is 2.33. The number of benzene rings is 1. The highest BCUT2D eigenvalue weighted by Crippen LogP contribution is 2.21. The molecule has 0 unspecified atom stereocenters. The number of hydrogen-bond acceptors (Lipinski definition) is 4. The molecule has 0 radical (unpaired) electrons. The normalized spacial score (nSPS) is 10.3. The maximum absolute atomic E-state index is 13.4. The molecule has 0 bridgehead atoms. The van der Waals surface area contributed by atoms with Crippen molar-refractivity contribution >= 4 is 17.2 Å². The van der Waals surface area contributed by atoms with Crippen molar-refractivity contribution in [2.24, 2.45) is 5.73 Å². The number of aromatic nitrogens is 2. The van der Waals surface area contributed by atoms with Gasteiger partial charge in [0.15, 0.2) is 0 Å². The summed E-state index contributed by atoms with van der Waals surface area (Å²) in [5.41, 5.74) is 7.15. The molecule has 2 aromatic rings. The molecule has 0 aliphatic rings. The number of aryl methyl sites for hydroxylation is 2. The Bertz CT molecular complexity index is 646. The summed E-state index contributed by atoms with van der Waals surface area (Å²) in [6, 6.07) is 6.29. The number of nitrogens with zero attached hydrogens (tertiary/aromatic N) is 2. The van der Waals surface area contributed by atoms with Crippen molar-refractivity contribution < 1.29 is 9.13 Å². The van der Waals surface area contributed by atoms with Crippen LogP contribution in [0, 0.1) is 19.7 Å². The second-order valence-electron chi connectivity index (χ2n) is 4.05. The highest BCUT2D eigenvalue weighted by molar-refractivity contribution is 7.80. The third-order valence-corrected chi connectivity index (χ3v) is 2.65. The third-order valence-electron chi connectivity index (χ3n) is 2.44. The molecule has 0 amide bonds. The second-order valence-corrected chi connectivity index (χ2v) is 4.49. The van der Waals surface area contributed by atoms with Crippen LogP contribution in [0.25, 0.3) is 0 Å². The number of halogens is 1. The van der Waals surface area contributed by atoms with Gasteiger partial charge in [-0.3, -0.25) is 0 Å². The predicted molar refractivity (Wildman–Crippen MR) is 73.9 cm³/mol. The highest BCUT2D eigenvalue weighted by Gasteiger charge is 2.08. The smallest absolute Gasteiger partial charge is 0.322 e. The molecule has 1 aromatic carbocycles. The predicted octanol–water partition coefficient (Wildman–Crippen LogP) is 2.66. The lowest BCUT2D eigenvalue weighted by Crippen LogP contribution is -2.13. The van der Waals surface area contributed by atoms with E-state index in [9.17, 15) is 4.39 Å². The molecule has 0 atom stereocenters. The van der Waals surface area contributed by atoms with Crippen LogP contribution in [0.15, 0.2) is 24.3 Å². The van der Waals surface area contributed by atoms with Gasteiger partial charge >= 0.3 is 6.01 Å². The summed E-state index contributed by atoms with van der Waals surface area (Å²) in [4.78, 5) is 8.31. The van der Waals surface area contributed by atoms with Gasteiger partial charge in [-0.1, -0.05) is 18.3 Å². The van der Waals surface area contributed by atoms with Gasteiger partial charge in [-0.2, -0.15) is 4.98 Å². The number of ether oxygens (including phenoxy) is 1. The van der Waals surface area contributed by atoms with Gasteiger partial charge < -0.3 is 10.5 Å². The first-order valence-electron chi connectivity index (χ1n) is 5.55. The van der Waals surface area contributed by atoms with Crippen LogP contribution in [0.2, 0.25) is 0 Å². The van der Waals surface area contributed by atoms with Crippen LogP contribution >= 0.6 is 12.2 Å². The van der Waals surface area contributed by atoms with Gasteiger partial charge in [-0.15, -0.1) is 0 Å². The summed E-state index contributed by atoms with van der Waals surface area (Å²) >= 11 is 4.86. The van der Waals surface area contributed by atoms with E-state index >= 15 is 0 Å². The molecule has 2 rings (SSSR count). The summed E-state index contributed by atoms with van der Waals surface area (Å²) in [6.45, 7) is 3.44. The summed E-state index contributed by atoms with van der Waals surface area (Å²) < 4.78 is 18.8. The topological polar surface area (TPSA) is 61.0 Å². The van der Waals surface area contributed by atoms with Gasteiger partial charge in [0.2, 0.25) is 0 Å². The van der Waals surface area contributed by atoms with Crippen LogP contribution in [0.5, 0.6) is 11.8 Å². The minimum atomic E-state index is -0.347. The van der Waals surface area contributed by atoms with Crippen LogP contribution in [0.3, 0.4) is 0 Å². The largest absolute Gasteiger partial charge is 0.424 e. The minimum absolute atomic E-state index is 0.0889. The van der Waals surface area contributed by atoms with E-state index in [1.807, 2.05) is 0 Å². The van der Waals surface area contributed by atoms with Crippen molar-refractivity contribution in [2.75, 3.05) is 0 Å². The fourth-order valence-electron chi connectivity index (χ4n) is 1.46. The molecular formula is C13H12FN3OS. The van der Waals surface area contributed by atoms with Crippen LogP contribution in [0.1, 0.15) is 17.0 Å². The molecule has 0 spiro atoms. The lowest BCUT2D eigenvalue weighted by atomic mass is 10.2. The van der Waals surface area contributed by atoms with E-state index in [2.05, 4.69) is 9.97 Å². The van der Waals surface area contributed by atoms with Crippen molar-refractivity contribution in [1.82, 2.24) is 9.97 Å². The van der Waals surface area contributed by atoms with Crippen LogP contribution < -0.4 is 10.5 Å². The molecule has 98 valence electrons. The Labute approximate surface area is 115 Å². The Morgan fingerprint density at radius 3 is 2.63 bits per heavy atom. The number of rotatable bonds is 3. The molecule has 0 aliphatic carbocycles. The fourth-order valence-corrected chi connectivity index (χ4v) is 1.56. The molecule has 0 saturated heterocycles. The van der Waals surface area contributed by atoms with Gasteiger partial charge in [0.05, 0.1) is 0 Å². The van der Waals surface area contributed by atoms with Crippen molar-refractivity contribution in [3.05, 3.63) is 47.0 Å². The highest BCUT2D eigenvalue weighted by atomic mass is 32.1. The SMILES string of the molecule is Cc1cc(C(N)=S)nc(Oc2ccc(C)c(F)c2)n1. The Morgan fingerprint density at radius 1 is 1.26 bits per heavy atom. The van der Waals surface area contributed by atoms with E-state index in [0.29, 0.717) is 22.7 Å². The third kappa shape index (κ3) is 3.23. The zero-order chi connectivity index (χ0) is 14.0. The fraction of sp³-hybridized carbons (Fsp3) is 0.154. The molecule has 2 N–H and O–H groups in total. The van der Waals surface area contributed by atoms with Crippen molar-refractivity contribution in [1.29, 1.82) is 0 Å². The van der Waals surface area contributed by atoms with Crippen molar-refractivity contribution in [3.63, 3.8) is 0 Å². The Hall–Kier alpha value is -2.08. The zero-order valence-corrected chi connectivity index (χ0v) is 11.3. The Morgan fingerprint density at radius 2 is 2.00 bits per heavy atom. The molecule has 1 aromatic heterocycles. The van der Waals surface area contributed by atoms with Crippen LogP contribution in [0.4, 0.5) is 4.39 Å². The first kappa shape index (κ1) is 13.4. The van der Waals surface area contributed by atoms with E-state index in [0.717, 1.165) is 0 Å². The van der Waals surface area contributed by atoms with Gasteiger partial charge in [0, 0.05) is 11.8 Å². The number of hydrogen-bond donors (Lipinski definition) is 1. The molecule has 0 saturated carbocycles. The molecule has 1 heterocycles. The standard InChI is InChI=1S/C13H12FN3OS/c1-7-3-4-9(6-10(7)14)18-13-16-8(2)5-11(17-13)12(15)19/h3-6H,1-2H3,(H2,15,19). The zero-order valence-electron chi connectivity index (χ0n) is 10.5. The van der Waals surface area contributed by atoms with E-state index in [1.54, 1.807) is 32.0 Å². The average molecular weight is 277 g/mol. The maximum Gasteiger partial charge on any atom is 0.322 e. The van der Waals surface area contributed by atoms with Crippen molar-refractivity contribution in [2.45, 2.75) is 13.8 Å². The Balaban J connectivity index is 2.32. The van der Waals surface area contributed by atoms with E-state index in [4.69, 9.17) is 22.7 Å². The first-order valence-corrected chi connectivity index (χ1v) is 5.96. The quantitative estimate of drug-likeness (QED) is 0.874. The summed E-state index contributed by atoms with van der Waals surface area (Å²) in [5.74, 6) is -0.0256. The van der Waals surface area contributed by atoms with Gasteiger partial charge in [0.25, 0.3) is 0 Å². The van der Waals surface area contributed by atoms with E-state index < -0.39 is 0 Å². The number of thiocarbonyl (C=S) groups is 1. The van der Waals surface area contributed by atoms with Gasteiger partial charge in [-0.25, -0.2) is 9.37 Å². The first-order chi connectivity index (χ1) is 8.95. The molecule has 19 heavy (non-hydrogen) atoms. The van der Waals surface area contributed by atoms with E-state index in [1.165, 1.54) is 6.07 Å². The minimum Gasteiger partial charge on any atom is -0.424 e. The number of nitrogens with two attached hydrogens (primary N) is 1. The monoisotopic (exact) mass is 277 g/mol. The van der Waals surface area contributed by atoms with E-state index in [-0.39, 0.29) is 16.8 Å². The molecule has 0 fully saturated rings. The molecule has 4 nitrogen and oxygen atoms in total. The molecule has 0 aliphatic heterocycles. The lowest BCUT2D eigenvalue weighted by Gasteiger charge is -2.07. The lowest BCUT2D eigenvalue weighted by molar-refractivity contribution is 0.435. The molecular weight excluding hydrogens is 265 g/mol. The van der Waals surface area contributed by atoms with Gasteiger partial charge in [-0.05, 0) is 31.5 Å². The Kier molecular flexibility index (Phi) is 3.71. The summed E-state index contributed by atoms with van der Waals surface area (Å²) in [5, 5.41) is 0. The maximum atomic E-state index is 13.4. The van der Waals surface area contributed by atoms with Crippen LogP contribution in [-0.2, 0) is 0 Å². The summed E-state index contributed by atoms with van der Waals surface area (Å²) in [7, 11) is 0. The van der Waals surface area contributed by atoms with Crippen molar-refractivity contribution in [3.8, 4) is 11.8 Å². The second kappa shape index (κ2) is 5.27.